The van der Waals surface area contributed by atoms with Gasteiger partial charge in [0.2, 0.25) is 0 Å². The van der Waals surface area contributed by atoms with Gasteiger partial charge in [-0.1, -0.05) is 5.16 Å². The van der Waals surface area contributed by atoms with Crippen molar-refractivity contribution in [1.82, 2.24) is 5.32 Å². The molecule has 0 bridgehead atoms. The zero-order valence-corrected chi connectivity index (χ0v) is 9.68. The second-order valence-corrected chi connectivity index (χ2v) is 4.05. The van der Waals surface area contributed by atoms with Gasteiger partial charge in [0, 0.05) is 24.9 Å². The number of nitrogens with one attached hydrogen (secondary N) is 1. The molecule has 4 N–H and O–H groups in total. The Morgan fingerprint density at radius 2 is 2.31 bits per heavy atom. The van der Waals surface area contributed by atoms with Crippen LogP contribution in [0.2, 0.25) is 0 Å². The lowest BCUT2D eigenvalue weighted by Crippen LogP contribution is -2.38. The molecule has 0 aliphatic heterocycles. The summed E-state index contributed by atoms with van der Waals surface area (Å²) in [5, 5.41) is 14.7. The second-order valence-electron chi connectivity index (χ2n) is 4.05. The van der Waals surface area contributed by atoms with E-state index >= 15 is 0 Å². The highest BCUT2D eigenvalue weighted by Gasteiger charge is 2.10. The molecular formula is C11H19N3O2. The SMILES string of the molecule is CC(CC(N)=NO)NC(C)Cc1ccco1. The maximum atomic E-state index is 8.45. The van der Waals surface area contributed by atoms with Gasteiger partial charge < -0.3 is 20.7 Å². The lowest BCUT2D eigenvalue weighted by atomic mass is 10.1. The molecule has 0 spiro atoms. The Kier molecular flexibility index (Phi) is 4.85. The molecule has 0 amide bonds. The van der Waals surface area contributed by atoms with Crippen LogP contribution in [0.1, 0.15) is 26.0 Å². The number of nitrogens with zero attached hydrogens (tertiary/aromatic N) is 1. The summed E-state index contributed by atoms with van der Waals surface area (Å²) in [5.41, 5.74) is 5.43. The molecule has 0 saturated carbocycles. The van der Waals surface area contributed by atoms with E-state index in [4.69, 9.17) is 15.4 Å². The van der Waals surface area contributed by atoms with Gasteiger partial charge in [0.25, 0.3) is 0 Å². The zero-order valence-electron chi connectivity index (χ0n) is 9.68. The summed E-state index contributed by atoms with van der Waals surface area (Å²) in [4.78, 5) is 0. The summed E-state index contributed by atoms with van der Waals surface area (Å²) >= 11 is 0. The van der Waals surface area contributed by atoms with Crippen molar-refractivity contribution in [3.8, 4) is 0 Å². The zero-order chi connectivity index (χ0) is 12.0. The Balaban J connectivity index is 2.31. The van der Waals surface area contributed by atoms with E-state index < -0.39 is 0 Å². The average Bonchev–Trinajstić information content (AvgIpc) is 2.69. The van der Waals surface area contributed by atoms with Crippen LogP contribution in [-0.2, 0) is 6.42 Å². The summed E-state index contributed by atoms with van der Waals surface area (Å²) in [6, 6.07) is 4.28. The highest BCUT2D eigenvalue weighted by molar-refractivity contribution is 5.80. The predicted molar refractivity (Wildman–Crippen MR) is 62.5 cm³/mol. The number of rotatable bonds is 6. The van der Waals surface area contributed by atoms with Crippen LogP contribution in [0.25, 0.3) is 0 Å². The summed E-state index contributed by atoms with van der Waals surface area (Å²) in [5.74, 6) is 1.20. The molecule has 1 aromatic heterocycles. The normalized spacial score (nSPS) is 16.0. The molecule has 0 aromatic carbocycles. The number of amidine groups is 1. The van der Waals surface area contributed by atoms with Crippen LogP contribution in [0, 0.1) is 0 Å². The molecule has 1 heterocycles. The summed E-state index contributed by atoms with van der Waals surface area (Å²) < 4.78 is 5.26. The van der Waals surface area contributed by atoms with Crippen molar-refractivity contribution in [2.24, 2.45) is 10.9 Å². The van der Waals surface area contributed by atoms with Crippen molar-refractivity contribution < 1.29 is 9.62 Å². The molecule has 1 aromatic rings. The highest BCUT2D eigenvalue weighted by Crippen LogP contribution is 2.05. The molecule has 2 unspecified atom stereocenters. The van der Waals surface area contributed by atoms with Gasteiger partial charge in [-0.2, -0.15) is 0 Å². The van der Waals surface area contributed by atoms with E-state index in [9.17, 15) is 0 Å². The average molecular weight is 225 g/mol. The third-order valence-corrected chi connectivity index (χ3v) is 2.30. The van der Waals surface area contributed by atoms with Crippen LogP contribution in [0.3, 0.4) is 0 Å². The molecule has 0 fully saturated rings. The Morgan fingerprint density at radius 3 is 2.88 bits per heavy atom. The van der Waals surface area contributed by atoms with Crippen LogP contribution < -0.4 is 11.1 Å². The number of hydrogen-bond acceptors (Lipinski definition) is 4. The van der Waals surface area contributed by atoms with E-state index in [0.29, 0.717) is 6.42 Å². The predicted octanol–water partition coefficient (Wildman–Crippen LogP) is 1.33. The van der Waals surface area contributed by atoms with E-state index in [1.165, 1.54) is 0 Å². The Hall–Kier alpha value is -1.49. The summed E-state index contributed by atoms with van der Waals surface area (Å²) in [7, 11) is 0. The first-order valence-electron chi connectivity index (χ1n) is 5.36. The summed E-state index contributed by atoms with van der Waals surface area (Å²) in [6.45, 7) is 4.07. The molecule has 0 aliphatic carbocycles. The molecule has 1 rings (SSSR count). The van der Waals surface area contributed by atoms with E-state index in [0.717, 1.165) is 12.2 Å². The lowest BCUT2D eigenvalue weighted by Gasteiger charge is -2.18. The molecular weight excluding hydrogens is 206 g/mol. The van der Waals surface area contributed by atoms with E-state index in [-0.39, 0.29) is 17.9 Å². The fraction of sp³-hybridized carbons (Fsp3) is 0.545. The quantitative estimate of drug-likeness (QED) is 0.295. The van der Waals surface area contributed by atoms with E-state index in [2.05, 4.69) is 17.4 Å². The highest BCUT2D eigenvalue weighted by atomic mass is 16.4. The van der Waals surface area contributed by atoms with Gasteiger partial charge in [-0.3, -0.25) is 0 Å². The number of nitrogens with two attached hydrogens (primary N) is 1. The Morgan fingerprint density at radius 1 is 1.56 bits per heavy atom. The van der Waals surface area contributed by atoms with Crippen molar-refractivity contribution in [3.05, 3.63) is 24.2 Å². The van der Waals surface area contributed by atoms with Crippen molar-refractivity contribution in [1.29, 1.82) is 0 Å². The molecule has 5 nitrogen and oxygen atoms in total. The number of hydrogen-bond donors (Lipinski definition) is 3. The summed E-state index contributed by atoms with van der Waals surface area (Å²) in [6.07, 6.45) is 3.02. The smallest absolute Gasteiger partial charge is 0.140 e. The Bertz CT molecular complexity index is 322. The standard InChI is InChI=1S/C11H19N3O2/c1-8(6-10-4-3-5-16-10)13-9(2)7-11(12)14-15/h3-5,8-9,13,15H,6-7H2,1-2H3,(H2,12,14). The van der Waals surface area contributed by atoms with Gasteiger partial charge >= 0.3 is 0 Å². The van der Waals surface area contributed by atoms with E-state index in [1.807, 2.05) is 19.1 Å². The van der Waals surface area contributed by atoms with Gasteiger partial charge in [0.1, 0.15) is 11.6 Å². The molecule has 0 aliphatic rings. The van der Waals surface area contributed by atoms with Crippen LogP contribution in [0.4, 0.5) is 0 Å². The molecule has 0 saturated heterocycles. The van der Waals surface area contributed by atoms with Crippen LogP contribution in [0.5, 0.6) is 0 Å². The Labute approximate surface area is 95.3 Å². The largest absolute Gasteiger partial charge is 0.469 e. The van der Waals surface area contributed by atoms with Crippen LogP contribution in [-0.4, -0.2) is 23.1 Å². The van der Waals surface area contributed by atoms with Crippen molar-refractivity contribution in [3.63, 3.8) is 0 Å². The first-order valence-corrected chi connectivity index (χ1v) is 5.36. The molecule has 2 atom stereocenters. The van der Waals surface area contributed by atoms with Crippen molar-refractivity contribution >= 4 is 5.84 Å². The topological polar surface area (TPSA) is 83.8 Å². The van der Waals surface area contributed by atoms with E-state index in [1.54, 1.807) is 6.26 Å². The minimum Gasteiger partial charge on any atom is -0.469 e. The van der Waals surface area contributed by atoms with Crippen molar-refractivity contribution in [2.45, 2.75) is 38.8 Å². The first-order chi connectivity index (χ1) is 7.61. The number of oxime groups is 1. The third kappa shape index (κ3) is 4.35. The maximum Gasteiger partial charge on any atom is 0.140 e. The van der Waals surface area contributed by atoms with Gasteiger partial charge in [-0.05, 0) is 26.0 Å². The first kappa shape index (κ1) is 12.6. The fourth-order valence-electron chi connectivity index (χ4n) is 1.69. The molecule has 16 heavy (non-hydrogen) atoms. The van der Waals surface area contributed by atoms with Gasteiger partial charge in [-0.25, -0.2) is 0 Å². The van der Waals surface area contributed by atoms with Gasteiger partial charge in [-0.15, -0.1) is 0 Å². The van der Waals surface area contributed by atoms with Crippen LogP contribution in [0.15, 0.2) is 28.0 Å². The van der Waals surface area contributed by atoms with Gasteiger partial charge in [0.15, 0.2) is 0 Å². The van der Waals surface area contributed by atoms with Crippen LogP contribution >= 0.6 is 0 Å². The molecule has 0 radical (unpaired) electrons. The minimum atomic E-state index is 0.167. The van der Waals surface area contributed by atoms with Crippen molar-refractivity contribution in [2.75, 3.05) is 0 Å². The number of furan rings is 1. The molecule has 90 valence electrons. The maximum absolute atomic E-state index is 8.45. The monoisotopic (exact) mass is 225 g/mol. The minimum absolute atomic E-state index is 0.167. The van der Waals surface area contributed by atoms with Gasteiger partial charge in [0.05, 0.1) is 6.26 Å². The molecule has 5 heteroatoms. The fourth-order valence-corrected chi connectivity index (χ4v) is 1.69. The second kappa shape index (κ2) is 6.17. The lowest BCUT2D eigenvalue weighted by molar-refractivity contribution is 0.315. The third-order valence-electron chi connectivity index (χ3n) is 2.30.